The third-order valence-electron chi connectivity index (χ3n) is 6.22. The van der Waals surface area contributed by atoms with E-state index in [1.807, 2.05) is 41.8 Å². The highest BCUT2D eigenvalue weighted by Gasteiger charge is 2.31. The van der Waals surface area contributed by atoms with Gasteiger partial charge in [0.1, 0.15) is 0 Å². The summed E-state index contributed by atoms with van der Waals surface area (Å²) in [6.45, 7) is 10.0. The Balaban J connectivity index is 1.43. The fourth-order valence-electron chi connectivity index (χ4n) is 4.11. The van der Waals surface area contributed by atoms with Crippen LogP contribution in [0.3, 0.4) is 0 Å². The number of piperazine rings is 1. The Morgan fingerprint density at radius 1 is 0.966 bits per heavy atom. The normalized spacial score (nSPS) is 18.6. The van der Waals surface area contributed by atoms with Crippen LogP contribution in [0.15, 0.2) is 18.2 Å². The number of aryl methyl sites for hydroxylation is 1. The summed E-state index contributed by atoms with van der Waals surface area (Å²) in [4.78, 5) is 42.5. The van der Waals surface area contributed by atoms with Crippen LogP contribution in [0.2, 0.25) is 0 Å². The molecule has 2 fully saturated rings. The van der Waals surface area contributed by atoms with E-state index >= 15 is 0 Å². The third-order valence-corrected chi connectivity index (χ3v) is 6.22. The van der Waals surface area contributed by atoms with Gasteiger partial charge in [-0.05, 0) is 43.9 Å². The molecule has 7 heteroatoms. The maximum atomic E-state index is 12.8. The molecule has 29 heavy (non-hydrogen) atoms. The summed E-state index contributed by atoms with van der Waals surface area (Å²) in [6.07, 6.45) is 1.49. The minimum atomic E-state index is -0.0184. The number of rotatable bonds is 4. The summed E-state index contributed by atoms with van der Waals surface area (Å²) in [5.41, 5.74) is 3.11. The summed E-state index contributed by atoms with van der Waals surface area (Å²) in [7, 11) is 0. The number of hydrogen-bond donors (Lipinski definition) is 1. The first-order valence-electron chi connectivity index (χ1n) is 10.5. The van der Waals surface area contributed by atoms with Gasteiger partial charge in [0.2, 0.25) is 17.7 Å². The fourth-order valence-corrected chi connectivity index (χ4v) is 4.11. The van der Waals surface area contributed by atoms with Crippen LogP contribution in [-0.2, 0) is 14.4 Å². The molecule has 2 saturated heterocycles. The first kappa shape index (κ1) is 21.3. The molecule has 1 N–H and O–H groups in total. The van der Waals surface area contributed by atoms with Gasteiger partial charge in [0.05, 0.1) is 6.54 Å². The summed E-state index contributed by atoms with van der Waals surface area (Å²) in [5, 5.41) is 3.00. The van der Waals surface area contributed by atoms with Crippen LogP contribution in [0.1, 0.15) is 30.9 Å². The van der Waals surface area contributed by atoms with E-state index in [1.54, 1.807) is 6.92 Å². The number of amides is 3. The number of piperidine rings is 1. The van der Waals surface area contributed by atoms with Crippen LogP contribution in [0.25, 0.3) is 0 Å². The number of nitrogens with zero attached hydrogens (tertiary/aromatic N) is 3. The molecule has 7 nitrogen and oxygen atoms in total. The van der Waals surface area contributed by atoms with Gasteiger partial charge in [-0.1, -0.05) is 12.1 Å². The molecule has 0 saturated carbocycles. The summed E-state index contributed by atoms with van der Waals surface area (Å²) >= 11 is 0. The second-order valence-electron chi connectivity index (χ2n) is 8.18. The lowest BCUT2D eigenvalue weighted by atomic mass is 9.95. The van der Waals surface area contributed by atoms with Crippen molar-refractivity contribution in [3.8, 4) is 0 Å². The Kier molecular flexibility index (Phi) is 6.90. The zero-order valence-electron chi connectivity index (χ0n) is 17.7. The topological polar surface area (TPSA) is 73.0 Å². The van der Waals surface area contributed by atoms with Gasteiger partial charge in [-0.25, -0.2) is 0 Å². The maximum absolute atomic E-state index is 12.8. The predicted molar refractivity (Wildman–Crippen MR) is 113 cm³/mol. The van der Waals surface area contributed by atoms with Crippen molar-refractivity contribution in [3.05, 3.63) is 29.3 Å². The van der Waals surface area contributed by atoms with Crippen molar-refractivity contribution in [1.29, 1.82) is 0 Å². The molecule has 158 valence electrons. The second kappa shape index (κ2) is 9.39. The number of hydrogen-bond acceptors (Lipinski definition) is 4. The molecule has 2 aliphatic rings. The quantitative estimate of drug-likeness (QED) is 0.834. The lowest BCUT2D eigenvalue weighted by Gasteiger charge is -2.38. The molecule has 3 amide bonds. The van der Waals surface area contributed by atoms with E-state index in [9.17, 15) is 14.4 Å². The third kappa shape index (κ3) is 5.35. The van der Waals surface area contributed by atoms with Gasteiger partial charge in [-0.15, -0.1) is 0 Å². The van der Waals surface area contributed by atoms with E-state index < -0.39 is 0 Å². The maximum Gasteiger partial charge on any atom is 0.238 e. The molecule has 0 aliphatic carbocycles. The number of carbonyl (C=O) groups is 3. The van der Waals surface area contributed by atoms with Crippen molar-refractivity contribution >= 4 is 23.4 Å². The average Bonchev–Trinajstić information content (AvgIpc) is 2.71. The minimum Gasteiger partial charge on any atom is -0.343 e. The van der Waals surface area contributed by atoms with Crippen LogP contribution in [0.4, 0.5) is 5.69 Å². The number of anilines is 1. The minimum absolute atomic E-state index is 0.0183. The average molecular weight is 401 g/mol. The zero-order chi connectivity index (χ0) is 21.0. The van der Waals surface area contributed by atoms with Crippen LogP contribution >= 0.6 is 0 Å². The molecule has 0 radical (unpaired) electrons. The lowest BCUT2D eigenvalue weighted by Crippen LogP contribution is -2.53. The van der Waals surface area contributed by atoms with Crippen LogP contribution in [0, 0.1) is 19.8 Å². The van der Waals surface area contributed by atoms with Gasteiger partial charge in [-0.2, -0.15) is 0 Å². The smallest absolute Gasteiger partial charge is 0.238 e. The molecule has 2 heterocycles. The Morgan fingerprint density at radius 3 is 2.24 bits per heavy atom. The first-order chi connectivity index (χ1) is 13.8. The summed E-state index contributed by atoms with van der Waals surface area (Å²) < 4.78 is 0. The zero-order valence-corrected chi connectivity index (χ0v) is 17.7. The second-order valence-corrected chi connectivity index (χ2v) is 8.18. The first-order valence-corrected chi connectivity index (χ1v) is 10.5. The molecule has 0 aromatic heterocycles. The number of carbonyl (C=O) groups excluding carboxylic acids is 3. The predicted octanol–water partition coefficient (Wildman–Crippen LogP) is 1.64. The number of likely N-dealkylation sites (tertiary alicyclic amines) is 1. The van der Waals surface area contributed by atoms with E-state index in [-0.39, 0.29) is 23.6 Å². The highest BCUT2D eigenvalue weighted by atomic mass is 16.2. The Morgan fingerprint density at radius 2 is 1.62 bits per heavy atom. The standard InChI is InChI=1S/C22H32N4O3/c1-16-5-4-6-20(17(16)2)23-21(28)15-24-11-13-26(14-12-24)22(29)19-7-9-25(10-8-19)18(3)27/h4-6,19H,7-15H2,1-3H3,(H,23,28). The van der Waals surface area contributed by atoms with Gasteiger partial charge >= 0.3 is 0 Å². The van der Waals surface area contributed by atoms with E-state index in [0.29, 0.717) is 45.8 Å². The van der Waals surface area contributed by atoms with E-state index in [4.69, 9.17) is 0 Å². The molecule has 3 rings (SSSR count). The molecule has 1 aromatic carbocycles. The largest absolute Gasteiger partial charge is 0.343 e. The van der Waals surface area contributed by atoms with Crippen molar-refractivity contribution in [2.45, 2.75) is 33.6 Å². The van der Waals surface area contributed by atoms with Crippen LogP contribution < -0.4 is 5.32 Å². The van der Waals surface area contributed by atoms with Gasteiger partial charge in [0, 0.05) is 57.8 Å². The van der Waals surface area contributed by atoms with Crippen molar-refractivity contribution in [1.82, 2.24) is 14.7 Å². The molecule has 0 spiro atoms. The van der Waals surface area contributed by atoms with Crippen LogP contribution in [0.5, 0.6) is 0 Å². The van der Waals surface area contributed by atoms with Crippen molar-refractivity contribution in [2.75, 3.05) is 51.1 Å². The SMILES string of the molecule is CC(=O)N1CCC(C(=O)N2CCN(CC(=O)Nc3cccc(C)c3C)CC2)CC1. The summed E-state index contributed by atoms with van der Waals surface area (Å²) in [5.74, 6) is 0.288. The molecular formula is C22H32N4O3. The van der Waals surface area contributed by atoms with Crippen molar-refractivity contribution in [3.63, 3.8) is 0 Å². The van der Waals surface area contributed by atoms with Gasteiger partial charge < -0.3 is 15.1 Å². The van der Waals surface area contributed by atoms with E-state index in [2.05, 4.69) is 10.2 Å². The number of benzene rings is 1. The Labute approximate surface area is 173 Å². The Hall–Kier alpha value is -2.41. The molecule has 0 unspecified atom stereocenters. The molecule has 1 aromatic rings. The molecule has 0 bridgehead atoms. The summed E-state index contributed by atoms with van der Waals surface area (Å²) in [6, 6.07) is 5.91. The van der Waals surface area contributed by atoms with Gasteiger partial charge in [0.25, 0.3) is 0 Å². The molecular weight excluding hydrogens is 368 g/mol. The van der Waals surface area contributed by atoms with E-state index in [1.165, 1.54) is 0 Å². The van der Waals surface area contributed by atoms with Crippen LogP contribution in [-0.4, -0.2) is 78.2 Å². The lowest BCUT2D eigenvalue weighted by molar-refractivity contribution is -0.141. The van der Waals surface area contributed by atoms with Crippen molar-refractivity contribution in [2.24, 2.45) is 5.92 Å². The van der Waals surface area contributed by atoms with Gasteiger partial charge in [-0.3, -0.25) is 19.3 Å². The highest BCUT2D eigenvalue weighted by molar-refractivity contribution is 5.93. The van der Waals surface area contributed by atoms with Gasteiger partial charge in [0.15, 0.2) is 0 Å². The number of nitrogens with one attached hydrogen (secondary N) is 1. The monoisotopic (exact) mass is 400 g/mol. The van der Waals surface area contributed by atoms with Crippen molar-refractivity contribution < 1.29 is 14.4 Å². The van der Waals surface area contributed by atoms with E-state index in [0.717, 1.165) is 29.7 Å². The molecule has 2 aliphatic heterocycles. The fraction of sp³-hybridized carbons (Fsp3) is 0.591. The highest BCUT2D eigenvalue weighted by Crippen LogP contribution is 2.21. The Bertz CT molecular complexity index is 763. The molecule has 0 atom stereocenters.